The Bertz CT molecular complexity index is 381. The van der Waals surface area contributed by atoms with Gasteiger partial charge in [0.25, 0.3) is 0 Å². The zero-order chi connectivity index (χ0) is 13.3. The van der Waals surface area contributed by atoms with Gasteiger partial charge in [0.15, 0.2) is 0 Å². The summed E-state index contributed by atoms with van der Waals surface area (Å²) >= 11 is 0. The first-order chi connectivity index (χ1) is 7.64. The van der Waals surface area contributed by atoms with Crippen molar-refractivity contribution >= 4 is 0 Å². The van der Waals surface area contributed by atoms with E-state index in [1.54, 1.807) is 0 Å². The molecule has 0 fully saturated rings. The van der Waals surface area contributed by atoms with Crippen molar-refractivity contribution in [1.82, 2.24) is 0 Å². The molecule has 0 heterocycles. The highest BCUT2D eigenvalue weighted by Gasteiger charge is 2.36. The van der Waals surface area contributed by atoms with Gasteiger partial charge in [-0.3, -0.25) is 0 Å². The van der Waals surface area contributed by atoms with Crippen LogP contribution in [0.15, 0.2) is 30.9 Å². The van der Waals surface area contributed by atoms with Gasteiger partial charge in [-0.05, 0) is 23.8 Å². The van der Waals surface area contributed by atoms with Crippen LogP contribution < -0.4 is 0 Å². The van der Waals surface area contributed by atoms with Crippen LogP contribution in [0.2, 0.25) is 0 Å². The first kappa shape index (κ1) is 13.6. The van der Waals surface area contributed by atoms with E-state index in [9.17, 15) is 26.3 Å². The van der Waals surface area contributed by atoms with E-state index < -0.39 is 23.5 Å². The van der Waals surface area contributed by atoms with Gasteiger partial charge in [-0.15, -0.1) is 6.58 Å². The van der Waals surface area contributed by atoms with Gasteiger partial charge in [-0.2, -0.15) is 26.3 Å². The molecule has 0 saturated carbocycles. The molecule has 0 nitrogen and oxygen atoms in total. The lowest BCUT2D eigenvalue weighted by molar-refractivity contribution is -0.143. The third-order valence-corrected chi connectivity index (χ3v) is 1.92. The minimum atomic E-state index is -4.81. The normalized spacial score (nSPS) is 12.6. The van der Waals surface area contributed by atoms with Gasteiger partial charge in [-0.1, -0.05) is 6.08 Å². The molecule has 1 rings (SSSR count). The minimum Gasteiger partial charge on any atom is -0.166 e. The van der Waals surface area contributed by atoms with Crippen LogP contribution in [0.25, 0.3) is 0 Å². The van der Waals surface area contributed by atoms with E-state index in [2.05, 4.69) is 6.58 Å². The van der Waals surface area contributed by atoms with Crippen LogP contribution in [0.1, 0.15) is 16.7 Å². The number of alkyl halides is 6. The molecule has 1 aromatic rings. The summed E-state index contributed by atoms with van der Waals surface area (Å²) in [5.41, 5.74) is -2.86. The zero-order valence-corrected chi connectivity index (χ0v) is 8.36. The Morgan fingerprint density at radius 1 is 0.824 bits per heavy atom. The molecule has 0 atom stereocenters. The van der Waals surface area contributed by atoms with Gasteiger partial charge >= 0.3 is 12.4 Å². The monoisotopic (exact) mass is 253 g/mol. The van der Waals surface area contributed by atoms with Crippen molar-refractivity contribution in [1.29, 1.82) is 0 Å². The van der Waals surface area contributed by atoms with Gasteiger partial charge in [0.2, 0.25) is 0 Å². The van der Waals surface area contributed by atoms with E-state index in [0.29, 0.717) is 12.1 Å². The Kier molecular flexibility index (Phi) is 3.54. The molecule has 0 saturated heterocycles. The molecule has 0 aliphatic heterocycles. The van der Waals surface area contributed by atoms with Crippen molar-refractivity contribution in [3.05, 3.63) is 54.0 Å². The highest BCUT2D eigenvalue weighted by molar-refractivity contribution is 5.38. The maximum absolute atomic E-state index is 12.4. The number of hydrogen-bond donors (Lipinski definition) is 0. The first-order valence-corrected chi connectivity index (χ1v) is 4.40. The standard InChI is InChI=1S/C11H7F6/c1-2-3-7-4-8(10(12,13)14)6-9(5-7)11(15,16)17/h2-6H,1H2. The Balaban J connectivity index is 3.34. The van der Waals surface area contributed by atoms with Crippen LogP contribution in [0.4, 0.5) is 26.3 Å². The Labute approximate surface area is 93.6 Å². The summed E-state index contributed by atoms with van der Waals surface area (Å²) in [7, 11) is 0. The van der Waals surface area contributed by atoms with Gasteiger partial charge in [0, 0.05) is 6.42 Å². The lowest BCUT2D eigenvalue weighted by Crippen LogP contribution is -2.11. The fourth-order valence-corrected chi connectivity index (χ4v) is 1.21. The SMILES string of the molecule is C=C[CH]c1cc(C(F)(F)F)cc(C(F)(F)F)c1. The number of hydrogen-bond acceptors (Lipinski definition) is 0. The lowest BCUT2D eigenvalue weighted by atomic mass is 10.0. The smallest absolute Gasteiger partial charge is 0.166 e. The molecule has 1 radical (unpaired) electrons. The number of benzene rings is 1. The summed E-state index contributed by atoms with van der Waals surface area (Å²) in [6, 6.07) is 1.36. The average molecular weight is 253 g/mol. The Morgan fingerprint density at radius 2 is 1.24 bits per heavy atom. The molecule has 0 aromatic heterocycles. The van der Waals surface area contributed by atoms with Crippen molar-refractivity contribution in [2.75, 3.05) is 0 Å². The van der Waals surface area contributed by atoms with E-state index >= 15 is 0 Å². The van der Waals surface area contributed by atoms with Gasteiger partial charge in [-0.25, -0.2) is 0 Å². The maximum Gasteiger partial charge on any atom is 0.416 e. The minimum absolute atomic E-state index is 0.0838. The average Bonchev–Trinajstić information content (AvgIpc) is 2.15. The fourth-order valence-electron chi connectivity index (χ4n) is 1.21. The second-order valence-electron chi connectivity index (χ2n) is 3.24. The summed E-state index contributed by atoms with van der Waals surface area (Å²) in [5.74, 6) is 0. The van der Waals surface area contributed by atoms with Crippen LogP contribution >= 0.6 is 0 Å². The van der Waals surface area contributed by atoms with Crippen molar-refractivity contribution in [2.45, 2.75) is 12.4 Å². The van der Waals surface area contributed by atoms with Crippen molar-refractivity contribution in [3.63, 3.8) is 0 Å². The predicted molar refractivity (Wildman–Crippen MR) is 50.0 cm³/mol. The first-order valence-electron chi connectivity index (χ1n) is 4.40. The zero-order valence-electron chi connectivity index (χ0n) is 8.36. The third-order valence-electron chi connectivity index (χ3n) is 1.92. The molecule has 1 aromatic carbocycles. The van der Waals surface area contributed by atoms with Crippen LogP contribution in [0.3, 0.4) is 0 Å². The Morgan fingerprint density at radius 3 is 1.53 bits per heavy atom. The molecule has 0 spiro atoms. The molecule has 0 aliphatic rings. The van der Waals surface area contributed by atoms with Crippen molar-refractivity contribution in [3.8, 4) is 0 Å². The second-order valence-corrected chi connectivity index (χ2v) is 3.24. The van der Waals surface area contributed by atoms with E-state index in [1.165, 1.54) is 0 Å². The lowest BCUT2D eigenvalue weighted by Gasteiger charge is -2.13. The predicted octanol–water partition coefficient (Wildman–Crippen LogP) is 4.46. The third kappa shape index (κ3) is 3.51. The van der Waals surface area contributed by atoms with Gasteiger partial charge in [0.1, 0.15) is 0 Å². The van der Waals surface area contributed by atoms with Crippen molar-refractivity contribution < 1.29 is 26.3 Å². The van der Waals surface area contributed by atoms with Crippen LogP contribution in [0.5, 0.6) is 0 Å². The summed E-state index contributed by atoms with van der Waals surface area (Å²) in [5, 5.41) is 0. The second kappa shape index (κ2) is 4.43. The summed E-state index contributed by atoms with van der Waals surface area (Å²) in [4.78, 5) is 0. The Hall–Kier alpha value is -1.46. The fraction of sp³-hybridized carbons (Fsp3) is 0.182. The van der Waals surface area contributed by atoms with Gasteiger partial charge < -0.3 is 0 Å². The molecule has 6 heteroatoms. The molecule has 0 N–H and O–H groups in total. The number of halogens is 6. The maximum atomic E-state index is 12.4. The van der Waals surface area contributed by atoms with Crippen LogP contribution in [-0.4, -0.2) is 0 Å². The molecule has 0 unspecified atom stereocenters. The summed E-state index contributed by atoms with van der Waals surface area (Å²) in [6.45, 7) is 3.22. The van der Waals surface area contributed by atoms with E-state index in [1.807, 2.05) is 0 Å². The highest BCUT2D eigenvalue weighted by Crippen LogP contribution is 2.36. The quantitative estimate of drug-likeness (QED) is 0.682. The largest absolute Gasteiger partial charge is 0.416 e. The highest BCUT2D eigenvalue weighted by atomic mass is 19.4. The molecular formula is C11H7F6. The molecule has 0 amide bonds. The topological polar surface area (TPSA) is 0 Å². The molecule has 0 aliphatic carbocycles. The van der Waals surface area contributed by atoms with Gasteiger partial charge in [0.05, 0.1) is 11.1 Å². The number of rotatable bonds is 2. The van der Waals surface area contributed by atoms with E-state index in [4.69, 9.17) is 0 Å². The van der Waals surface area contributed by atoms with Crippen LogP contribution in [-0.2, 0) is 12.4 Å². The molecule has 0 bridgehead atoms. The molecular weight excluding hydrogens is 246 g/mol. The summed E-state index contributed by atoms with van der Waals surface area (Å²) < 4.78 is 74.2. The summed E-state index contributed by atoms with van der Waals surface area (Å²) in [6.07, 6.45) is -7.43. The van der Waals surface area contributed by atoms with E-state index in [0.717, 1.165) is 12.5 Å². The number of allylic oxidation sites excluding steroid dienone is 1. The molecule has 93 valence electrons. The van der Waals surface area contributed by atoms with Crippen LogP contribution in [0, 0.1) is 6.42 Å². The molecule has 17 heavy (non-hydrogen) atoms. The van der Waals surface area contributed by atoms with E-state index in [-0.39, 0.29) is 11.6 Å². The van der Waals surface area contributed by atoms with Crippen molar-refractivity contribution in [2.24, 2.45) is 0 Å².